The molecule has 0 aliphatic rings. The zero-order valence-corrected chi connectivity index (χ0v) is 64.1. The van der Waals surface area contributed by atoms with Crippen molar-refractivity contribution in [3.05, 3.63) is 0 Å². The molecule has 95 heavy (non-hydrogen) atoms. The first-order chi connectivity index (χ1) is 45.6. The predicted octanol–water partition coefficient (Wildman–Crippen LogP) is 22.0. The molecule has 0 radical (unpaired) electrons. The SMILES string of the molecule is CCC(C)CCCCCCCCCCCCCCCCCCCCC(=O)O[C@H](COC(=O)CCCCCCCCC(C)C)COP(=O)(O)OCC(O)COP(=O)(O)OC[C@@H](COC(=O)CCCCCCCCCCC(C)C)OC(=O)CCCCCCCCCCCCC(C)C. The lowest BCUT2D eigenvalue weighted by Crippen LogP contribution is -2.30. The third kappa shape index (κ3) is 69.0. The molecule has 3 N–H and O–H groups in total. The lowest BCUT2D eigenvalue weighted by atomic mass is 9.99. The van der Waals surface area contributed by atoms with Crippen molar-refractivity contribution in [1.82, 2.24) is 0 Å². The number of phosphoric acid groups is 2. The van der Waals surface area contributed by atoms with E-state index in [0.717, 1.165) is 114 Å². The molecule has 19 heteroatoms. The standard InChI is InChI=1S/C76H148O17P2/c1-9-69(8)55-47-39-30-23-18-16-14-12-10-11-13-15-17-19-24-32-42-50-58-75(80)93-72(63-87-74(79)57-49-41-35-34-38-46-54-68(6)7)65-91-95(84,85)89-61-70(77)60-88-94(82,83)90-64-71(62-86-73(78)56-48-40-31-27-26-29-37-45-53-67(4)5)92-76(81)59-51-43-33-25-21-20-22-28-36-44-52-66(2)3/h66-72,77H,9-65H2,1-8H3,(H,82,83)(H,84,85)/t69?,70?,71-,72-/m1/s1. The average molecular weight is 1400 g/mol. The zero-order valence-electron chi connectivity index (χ0n) is 62.3. The quantitative estimate of drug-likeness (QED) is 0.0222. The molecule has 6 atom stereocenters. The van der Waals surface area contributed by atoms with Crippen molar-refractivity contribution in [3.8, 4) is 0 Å². The minimum absolute atomic E-state index is 0.105. The monoisotopic (exact) mass is 1400 g/mol. The summed E-state index contributed by atoms with van der Waals surface area (Å²) in [4.78, 5) is 72.7. The van der Waals surface area contributed by atoms with Gasteiger partial charge in [0.2, 0.25) is 0 Å². The van der Waals surface area contributed by atoms with Gasteiger partial charge in [0.05, 0.1) is 26.4 Å². The average Bonchev–Trinajstić information content (AvgIpc) is 1.24. The van der Waals surface area contributed by atoms with Gasteiger partial charge in [0.15, 0.2) is 12.2 Å². The predicted molar refractivity (Wildman–Crippen MR) is 386 cm³/mol. The van der Waals surface area contributed by atoms with E-state index in [1.807, 2.05) is 0 Å². The highest BCUT2D eigenvalue weighted by molar-refractivity contribution is 7.47. The summed E-state index contributed by atoms with van der Waals surface area (Å²) >= 11 is 0. The number of unbranched alkanes of at least 4 members (excludes halogenated alkanes) is 38. The van der Waals surface area contributed by atoms with Crippen molar-refractivity contribution in [2.75, 3.05) is 39.6 Å². The van der Waals surface area contributed by atoms with Crippen LogP contribution in [0.15, 0.2) is 0 Å². The van der Waals surface area contributed by atoms with Crippen LogP contribution >= 0.6 is 15.6 Å². The van der Waals surface area contributed by atoms with Crippen molar-refractivity contribution >= 4 is 39.5 Å². The second-order valence-electron chi connectivity index (χ2n) is 29.1. The van der Waals surface area contributed by atoms with Crippen LogP contribution in [-0.4, -0.2) is 96.7 Å². The molecule has 0 aromatic rings. The summed E-state index contributed by atoms with van der Waals surface area (Å²) in [7, 11) is -9.91. The number of carbonyl (C=O) groups is 4. The Kier molecular flexibility index (Phi) is 64.0. The van der Waals surface area contributed by atoms with Crippen LogP contribution in [0, 0.1) is 23.7 Å². The van der Waals surface area contributed by atoms with Crippen molar-refractivity contribution in [1.29, 1.82) is 0 Å². The Bertz CT molecular complexity index is 1870. The Labute approximate surface area is 581 Å². The Morgan fingerprint density at radius 2 is 0.505 bits per heavy atom. The van der Waals surface area contributed by atoms with E-state index < -0.39 is 97.5 Å². The number of phosphoric ester groups is 2. The molecule has 4 unspecified atom stereocenters. The van der Waals surface area contributed by atoms with Crippen LogP contribution in [-0.2, 0) is 65.4 Å². The number of aliphatic hydroxyl groups is 1. The van der Waals surface area contributed by atoms with Crippen LogP contribution in [0.3, 0.4) is 0 Å². The lowest BCUT2D eigenvalue weighted by molar-refractivity contribution is -0.161. The molecule has 0 rings (SSSR count). The molecule has 0 aromatic carbocycles. The summed E-state index contributed by atoms with van der Waals surface area (Å²) in [6.07, 6.45) is 50.3. The van der Waals surface area contributed by atoms with Crippen molar-refractivity contribution in [3.63, 3.8) is 0 Å². The minimum Gasteiger partial charge on any atom is -0.462 e. The maximum atomic E-state index is 13.1. The van der Waals surface area contributed by atoms with Gasteiger partial charge in [-0.05, 0) is 49.4 Å². The molecule has 0 amide bonds. The van der Waals surface area contributed by atoms with Gasteiger partial charge in [-0.3, -0.25) is 37.3 Å². The van der Waals surface area contributed by atoms with Gasteiger partial charge in [-0.2, -0.15) is 0 Å². The zero-order chi connectivity index (χ0) is 70.3. The van der Waals surface area contributed by atoms with Crippen LogP contribution in [0.25, 0.3) is 0 Å². The lowest BCUT2D eigenvalue weighted by Gasteiger charge is -2.21. The van der Waals surface area contributed by atoms with Gasteiger partial charge in [-0.15, -0.1) is 0 Å². The molecule has 0 aliphatic carbocycles. The fourth-order valence-electron chi connectivity index (χ4n) is 11.5. The molecule has 17 nitrogen and oxygen atoms in total. The summed E-state index contributed by atoms with van der Waals surface area (Å²) in [5, 5.41) is 10.6. The number of aliphatic hydroxyl groups excluding tert-OH is 1. The summed E-state index contributed by atoms with van der Waals surface area (Å²) in [6.45, 7) is 14.1. The summed E-state index contributed by atoms with van der Waals surface area (Å²) in [6, 6.07) is 0. The van der Waals surface area contributed by atoms with Crippen LogP contribution in [0.4, 0.5) is 0 Å². The molecule has 0 bridgehead atoms. The van der Waals surface area contributed by atoms with Gasteiger partial charge in [0.25, 0.3) is 0 Å². The molecular formula is C76H148O17P2. The largest absolute Gasteiger partial charge is 0.472 e. The summed E-state index contributed by atoms with van der Waals surface area (Å²) in [5.74, 6) is 0.904. The second-order valence-corrected chi connectivity index (χ2v) is 32.0. The van der Waals surface area contributed by atoms with Crippen molar-refractivity contribution in [2.45, 2.75) is 401 Å². The Morgan fingerprint density at radius 1 is 0.295 bits per heavy atom. The third-order valence-corrected chi connectivity index (χ3v) is 19.8. The maximum absolute atomic E-state index is 13.1. The first kappa shape index (κ1) is 93.1. The Morgan fingerprint density at radius 3 is 0.747 bits per heavy atom. The highest BCUT2D eigenvalue weighted by Gasteiger charge is 2.30. The molecule has 0 aliphatic heterocycles. The number of ether oxygens (including phenoxy) is 4. The summed E-state index contributed by atoms with van der Waals surface area (Å²) < 4.78 is 68.4. The molecule has 0 aromatic heterocycles. The molecule has 0 spiro atoms. The third-order valence-electron chi connectivity index (χ3n) is 17.9. The van der Waals surface area contributed by atoms with E-state index >= 15 is 0 Å². The molecule has 564 valence electrons. The number of carbonyl (C=O) groups excluding carboxylic acids is 4. The highest BCUT2D eigenvalue weighted by atomic mass is 31.2. The number of hydrogen-bond acceptors (Lipinski definition) is 15. The fourth-order valence-corrected chi connectivity index (χ4v) is 13.1. The van der Waals surface area contributed by atoms with Gasteiger partial charge in [0, 0.05) is 25.7 Å². The van der Waals surface area contributed by atoms with Crippen LogP contribution in [0.2, 0.25) is 0 Å². The topological polar surface area (TPSA) is 237 Å². The van der Waals surface area contributed by atoms with Gasteiger partial charge in [-0.1, -0.05) is 331 Å². The molecule has 0 heterocycles. The van der Waals surface area contributed by atoms with E-state index in [0.29, 0.717) is 31.6 Å². The van der Waals surface area contributed by atoms with Crippen LogP contribution in [0.5, 0.6) is 0 Å². The first-order valence-corrected chi connectivity index (χ1v) is 42.2. The number of rotatable bonds is 73. The number of hydrogen-bond donors (Lipinski definition) is 3. The smallest absolute Gasteiger partial charge is 0.462 e. The molecule has 0 fully saturated rings. The minimum atomic E-state index is -4.96. The summed E-state index contributed by atoms with van der Waals surface area (Å²) in [5.41, 5.74) is 0. The normalized spacial score (nSPS) is 14.4. The Balaban J connectivity index is 5.15. The van der Waals surface area contributed by atoms with E-state index in [-0.39, 0.29) is 25.7 Å². The van der Waals surface area contributed by atoms with Crippen molar-refractivity contribution in [2.24, 2.45) is 23.7 Å². The Hall–Kier alpha value is -1.94. The van der Waals surface area contributed by atoms with Gasteiger partial charge in [0.1, 0.15) is 19.3 Å². The molecular weight excluding hydrogens is 1250 g/mol. The van der Waals surface area contributed by atoms with Crippen molar-refractivity contribution < 1.29 is 80.2 Å². The maximum Gasteiger partial charge on any atom is 0.472 e. The van der Waals surface area contributed by atoms with E-state index in [1.165, 1.54) is 180 Å². The van der Waals surface area contributed by atoms with Crippen LogP contribution < -0.4 is 0 Å². The van der Waals surface area contributed by atoms with Crippen LogP contribution in [0.1, 0.15) is 383 Å². The van der Waals surface area contributed by atoms with Gasteiger partial charge >= 0.3 is 39.5 Å². The highest BCUT2D eigenvalue weighted by Crippen LogP contribution is 2.45. The fraction of sp³-hybridized carbons (Fsp3) is 0.947. The second kappa shape index (κ2) is 65.4. The molecule has 0 saturated heterocycles. The number of esters is 4. The van der Waals surface area contributed by atoms with E-state index in [2.05, 4.69) is 55.4 Å². The van der Waals surface area contributed by atoms with E-state index in [4.69, 9.17) is 37.0 Å². The van der Waals surface area contributed by atoms with Gasteiger partial charge < -0.3 is 33.8 Å². The van der Waals surface area contributed by atoms with E-state index in [9.17, 15) is 43.2 Å². The first-order valence-electron chi connectivity index (χ1n) is 39.2. The molecule has 0 saturated carbocycles. The van der Waals surface area contributed by atoms with E-state index in [1.54, 1.807) is 0 Å². The van der Waals surface area contributed by atoms with Gasteiger partial charge in [-0.25, -0.2) is 9.13 Å².